The van der Waals surface area contributed by atoms with Crippen molar-refractivity contribution >= 4 is 63.9 Å². The lowest BCUT2D eigenvalue weighted by atomic mass is 10.1. The third kappa shape index (κ3) is 9.70. The van der Waals surface area contributed by atoms with E-state index in [4.69, 9.17) is 47.0 Å². The number of unbranched alkanes of at least 4 members (excludes halogenated alkanes) is 3. The quantitative estimate of drug-likeness (QED) is 0.223. The summed E-state index contributed by atoms with van der Waals surface area (Å²) in [6.07, 6.45) is 5.02. The van der Waals surface area contributed by atoms with Crippen molar-refractivity contribution in [2.24, 2.45) is 0 Å². The van der Waals surface area contributed by atoms with Crippen LogP contribution in [0.1, 0.15) is 38.2 Å². The van der Waals surface area contributed by atoms with Crippen LogP contribution in [0.5, 0.6) is 0 Å². The van der Waals surface area contributed by atoms with Gasteiger partial charge in [0.25, 0.3) is 0 Å². The molecular formula is C18H27Cl3N4OS. The molecule has 5 nitrogen and oxygen atoms in total. The molecule has 2 amide bonds. The van der Waals surface area contributed by atoms with Crippen molar-refractivity contribution in [3.8, 4) is 0 Å². The molecule has 0 saturated heterocycles. The number of urea groups is 1. The summed E-state index contributed by atoms with van der Waals surface area (Å²) in [5, 5.41) is 8.66. The van der Waals surface area contributed by atoms with Gasteiger partial charge < -0.3 is 20.9 Å². The lowest BCUT2D eigenvalue weighted by Gasteiger charge is -2.28. The molecule has 9 heteroatoms. The summed E-state index contributed by atoms with van der Waals surface area (Å²) < 4.78 is -1.78. The van der Waals surface area contributed by atoms with E-state index in [0.717, 1.165) is 12.1 Å². The molecule has 0 aliphatic carbocycles. The topological polar surface area (TPSA) is 56.4 Å². The van der Waals surface area contributed by atoms with Crippen molar-refractivity contribution in [3.05, 3.63) is 29.8 Å². The fraction of sp³-hybridized carbons (Fsp3) is 0.556. The van der Waals surface area contributed by atoms with E-state index in [1.807, 2.05) is 12.1 Å². The minimum atomic E-state index is -1.78. The summed E-state index contributed by atoms with van der Waals surface area (Å²) in [5.41, 5.74) is 2.10. The van der Waals surface area contributed by atoms with E-state index >= 15 is 0 Å². The van der Waals surface area contributed by atoms with Crippen LogP contribution in [0.25, 0.3) is 0 Å². The van der Waals surface area contributed by atoms with Crippen molar-refractivity contribution in [2.45, 2.75) is 49.0 Å². The first-order valence-electron chi connectivity index (χ1n) is 8.84. The van der Waals surface area contributed by atoms with Crippen molar-refractivity contribution in [1.29, 1.82) is 0 Å². The fourth-order valence-electron chi connectivity index (χ4n) is 2.26. The Kier molecular flexibility index (Phi) is 10.5. The zero-order chi connectivity index (χ0) is 20.4. The molecule has 1 unspecified atom stereocenters. The van der Waals surface area contributed by atoms with E-state index in [1.165, 1.54) is 36.1 Å². The molecule has 152 valence electrons. The number of carbonyl (C=O) groups excluding carboxylic acids is 1. The SMILES string of the molecule is CCCCCCc1ccc(NC(=S)NC(NC(=O)N(C)C)C(Cl)(Cl)Cl)cc1. The standard InChI is InChI=1S/C18H27Cl3N4OS/c1-4-5-6-7-8-13-9-11-14(12-10-13)22-16(27)23-15(18(19,20)21)24-17(26)25(2)3/h9-12,15H,4-8H2,1-3H3,(H,24,26)(H2,22,23,27). The Hall–Kier alpha value is -0.950. The molecule has 3 N–H and O–H groups in total. The molecule has 0 bridgehead atoms. The number of carbonyl (C=O) groups is 1. The second-order valence-electron chi connectivity index (χ2n) is 6.42. The number of hydrogen-bond donors (Lipinski definition) is 3. The number of rotatable bonds is 8. The average Bonchev–Trinajstić information content (AvgIpc) is 2.58. The summed E-state index contributed by atoms with van der Waals surface area (Å²) in [5.74, 6) is 0. The molecule has 1 atom stereocenters. The minimum absolute atomic E-state index is 0.237. The molecular weight excluding hydrogens is 427 g/mol. The van der Waals surface area contributed by atoms with E-state index in [2.05, 4.69) is 35.0 Å². The maximum atomic E-state index is 11.8. The smallest absolute Gasteiger partial charge is 0.318 e. The van der Waals surface area contributed by atoms with E-state index < -0.39 is 16.0 Å². The zero-order valence-corrected chi connectivity index (χ0v) is 18.9. The molecule has 27 heavy (non-hydrogen) atoms. The minimum Gasteiger partial charge on any atom is -0.339 e. The highest BCUT2D eigenvalue weighted by molar-refractivity contribution is 7.80. The van der Waals surface area contributed by atoms with Crippen LogP contribution in [0, 0.1) is 0 Å². The van der Waals surface area contributed by atoms with Crippen LogP contribution in [-0.4, -0.2) is 40.1 Å². The first kappa shape index (κ1) is 24.1. The normalized spacial score (nSPS) is 12.2. The Morgan fingerprint density at radius 2 is 1.74 bits per heavy atom. The average molecular weight is 454 g/mol. The van der Waals surface area contributed by atoms with Gasteiger partial charge >= 0.3 is 6.03 Å². The summed E-state index contributed by atoms with van der Waals surface area (Å²) in [4.78, 5) is 13.2. The van der Waals surface area contributed by atoms with Crippen LogP contribution in [0.15, 0.2) is 24.3 Å². The predicted molar refractivity (Wildman–Crippen MR) is 120 cm³/mol. The highest BCUT2D eigenvalue weighted by Gasteiger charge is 2.35. The third-order valence-corrected chi connectivity index (χ3v) is 4.68. The molecule has 0 heterocycles. The lowest BCUT2D eigenvalue weighted by Crippen LogP contribution is -2.57. The number of hydrogen-bond acceptors (Lipinski definition) is 2. The Morgan fingerprint density at radius 3 is 2.26 bits per heavy atom. The Labute approximate surface area is 182 Å². The molecule has 0 fully saturated rings. The number of thiocarbonyl (C=S) groups is 1. The van der Waals surface area contributed by atoms with Crippen LogP contribution in [-0.2, 0) is 6.42 Å². The van der Waals surface area contributed by atoms with Gasteiger partial charge in [0.05, 0.1) is 0 Å². The Bertz CT molecular complexity index is 606. The van der Waals surface area contributed by atoms with Gasteiger partial charge in [0, 0.05) is 19.8 Å². The van der Waals surface area contributed by atoms with Gasteiger partial charge in [-0.15, -0.1) is 0 Å². The summed E-state index contributed by atoms with van der Waals surface area (Å²) >= 11 is 23.1. The lowest BCUT2D eigenvalue weighted by molar-refractivity contribution is 0.212. The van der Waals surface area contributed by atoms with Crippen molar-refractivity contribution in [2.75, 3.05) is 19.4 Å². The molecule has 0 spiro atoms. The van der Waals surface area contributed by atoms with E-state index in [0.29, 0.717) is 0 Å². The van der Waals surface area contributed by atoms with Crippen LogP contribution in [0.3, 0.4) is 0 Å². The summed E-state index contributed by atoms with van der Waals surface area (Å²) in [6.45, 7) is 2.20. The van der Waals surface area contributed by atoms with Crippen molar-refractivity contribution < 1.29 is 4.79 Å². The number of benzene rings is 1. The van der Waals surface area contributed by atoms with Gasteiger partial charge in [-0.25, -0.2) is 4.79 Å². The highest BCUT2D eigenvalue weighted by atomic mass is 35.6. The zero-order valence-electron chi connectivity index (χ0n) is 15.8. The molecule has 0 aromatic heterocycles. The molecule has 0 radical (unpaired) electrons. The maximum Gasteiger partial charge on any atom is 0.318 e. The number of alkyl halides is 3. The van der Waals surface area contributed by atoms with Gasteiger partial charge in [-0.2, -0.15) is 0 Å². The van der Waals surface area contributed by atoms with Gasteiger partial charge in [-0.1, -0.05) is 73.1 Å². The van der Waals surface area contributed by atoms with E-state index in [1.54, 1.807) is 14.1 Å². The van der Waals surface area contributed by atoms with Gasteiger partial charge in [-0.05, 0) is 42.8 Å². The van der Waals surface area contributed by atoms with Gasteiger partial charge in [0.1, 0.15) is 0 Å². The number of aryl methyl sites for hydroxylation is 1. The monoisotopic (exact) mass is 452 g/mol. The van der Waals surface area contributed by atoms with Gasteiger partial charge in [0.15, 0.2) is 11.3 Å². The Morgan fingerprint density at radius 1 is 1.11 bits per heavy atom. The summed E-state index contributed by atoms with van der Waals surface area (Å²) in [7, 11) is 3.18. The Balaban J connectivity index is 2.59. The van der Waals surface area contributed by atoms with Gasteiger partial charge in [0.2, 0.25) is 3.79 Å². The number of halogens is 3. The van der Waals surface area contributed by atoms with Crippen LogP contribution < -0.4 is 16.0 Å². The van der Waals surface area contributed by atoms with E-state index in [9.17, 15) is 4.79 Å². The van der Waals surface area contributed by atoms with Gasteiger partial charge in [-0.3, -0.25) is 0 Å². The number of amides is 2. The number of anilines is 1. The number of nitrogens with one attached hydrogen (secondary N) is 3. The van der Waals surface area contributed by atoms with Crippen LogP contribution in [0.2, 0.25) is 0 Å². The molecule has 0 aliphatic rings. The third-order valence-electron chi connectivity index (χ3n) is 3.81. The molecule has 1 rings (SSSR count). The first-order valence-corrected chi connectivity index (χ1v) is 10.4. The predicted octanol–water partition coefficient (Wildman–Crippen LogP) is 5.06. The van der Waals surface area contributed by atoms with E-state index in [-0.39, 0.29) is 5.11 Å². The molecule has 0 aliphatic heterocycles. The highest BCUT2D eigenvalue weighted by Crippen LogP contribution is 2.29. The first-order chi connectivity index (χ1) is 12.6. The molecule has 1 aromatic carbocycles. The van der Waals surface area contributed by atoms with Crippen molar-refractivity contribution in [3.63, 3.8) is 0 Å². The van der Waals surface area contributed by atoms with Crippen LogP contribution in [0.4, 0.5) is 10.5 Å². The largest absolute Gasteiger partial charge is 0.339 e. The second-order valence-corrected chi connectivity index (χ2v) is 9.20. The second kappa shape index (κ2) is 11.8. The van der Waals surface area contributed by atoms with Crippen molar-refractivity contribution in [1.82, 2.24) is 15.5 Å². The summed E-state index contributed by atoms with van der Waals surface area (Å²) in [6, 6.07) is 7.63. The van der Waals surface area contributed by atoms with Crippen LogP contribution >= 0.6 is 47.0 Å². The number of nitrogens with zero attached hydrogens (tertiary/aromatic N) is 1. The molecule has 0 saturated carbocycles. The fourth-order valence-corrected chi connectivity index (χ4v) is 2.82. The molecule has 1 aromatic rings. The maximum absolute atomic E-state index is 11.8.